The molecule has 4 rings (SSSR count). The van der Waals surface area contributed by atoms with Crippen LogP contribution in [0.1, 0.15) is 16.7 Å². The second-order valence-corrected chi connectivity index (χ2v) is 9.00. The Labute approximate surface area is 210 Å². The lowest BCUT2D eigenvalue weighted by Gasteiger charge is -2.13. The number of nitro groups is 1. The van der Waals surface area contributed by atoms with E-state index in [1.165, 1.54) is 31.0 Å². The number of hydrogen-bond donors (Lipinski definition) is 1. The van der Waals surface area contributed by atoms with Crippen molar-refractivity contribution in [2.24, 2.45) is 4.99 Å². The summed E-state index contributed by atoms with van der Waals surface area (Å²) < 4.78 is 11.3. The summed E-state index contributed by atoms with van der Waals surface area (Å²) in [7, 11) is 1.48. The fraction of sp³-hybridized carbons (Fsp3) is 0.120. The first-order valence-corrected chi connectivity index (χ1v) is 11.6. The van der Waals surface area contributed by atoms with Gasteiger partial charge in [0.2, 0.25) is 0 Å². The van der Waals surface area contributed by atoms with Crippen LogP contribution >= 0.6 is 23.4 Å². The molecule has 10 heteroatoms. The van der Waals surface area contributed by atoms with E-state index in [9.17, 15) is 14.9 Å². The third-order valence-electron chi connectivity index (χ3n) is 4.97. The number of aliphatic imine (C=N–C) groups is 1. The number of halogens is 1. The molecule has 3 aromatic rings. The van der Waals surface area contributed by atoms with Gasteiger partial charge in [-0.25, -0.2) is 4.99 Å². The molecule has 0 unspecified atom stereocenters. The van der Waals surface area contributed by atoms with Gasteiger partial charge in [-0.1, -0.05) is 41.4 Å². The van der Waals surface area contributed by atoms with E-state index in [2.05, 4.69) is 10.3 Å². The van der Waals surface area contributed by atoms with Crippen molar-refractivity contribution < 1.29 is 19.2 Å². The molecule has 1 saturated heterocycles. The van der Waals surface area contributed by atoms with E-state index in [-0.39, 0.29) is 23.2 Å². The molecule has 1 aliphatic heterocycles. The number of aryl methyl sites for hydroxylation is 1. The van der Waals surface area contributed by atoms with E-state index in [0.717, 1.165) is 11.3 Å². The van der Waals surface area contributed by atoms with Crippen LogP contribution in [-0.4, -0.2) is 23.1 Å². The number of benzene rings is 3. The average Bonchev–Trinajstić information content (AvgIpc) is 3.17. The molecule has 1 heterocycles. The molecule has 1 amide bonds. The highest BCUT2D eigenvalue weighted by atomic mass is 35.5. The lowest BCUT2D eigenvalue weighted by molar-refractivity contribution is -0.384. The SMILES string of the molecule is COc1cc(/C=C2/SC(=Nc3ccc(C)cc3)NC2=O)cc(Cl)c1OCc1cccc([N+](=O)[O-])c1. The average molecular weight is 510 g/mol. The van der Waals surface area contributed by atoms with Crippen molar-refractivity contribution in [2.45, 2.75) is 13.5 Å². The monoisotopic (exact) mass is 509 g/mol. The summed E-state index contributed by atoms with van der Waals surface area (Å²) in [5.41, 5.74) is 3.10. The highest BCUT2D eigenvalue weighted by Crippen LogP contribution is 2.38. The lowest BCUT2D eigenvalue weighted by atomic mass is 10.1. The molecular formula is C25H20ClN3O5S. The molecule has 3 aromatic carbocycles. The standard InChI is InChI=1S/C25H20ClN3O5S/c1-15-6-8-18(9-7-15)27-25-28-24(30)22(35-25)13-17-11-20(26)23(21(12-17)33-2)34-14-16-4-3-5-19(10-16)29(31)32/h3-13H,14H2,1-2H3,(H,27,28,30)/b22-13+. The van der Waals surface area contributed by atoms with Crippen molar-refractivity contribution in [3.05, 3.63) is 97.4 Å². The van der Waals surface area contributed by atoms with Gasteiger partial charge in [0, 0.05) is 12.1 Å². The van der Waals surface area contributed by atoms with Crippen LogP contribution < -0.4 is 14.8 Å². The van der Waals surface area contributed by atoms with Gasteiger partial charge >= 0.3 is 0 Å². The lowest BCUT2D eigenvalue weighted by Crippen LogP contribution is -2.19. The van der Waals surface area contributed by atoms with Crippen LogP contribution in [0, 0.1) is 17.0 Å². The summed E-state index contributed by atoms with van der Waals surface area (Å²) in [6.45, 7) is 2.06. The van der Waals surface area contributed by atoms with Crippen molar-refractivity contribution in [3.63, 3.8) is 0 Å². The van der Waals surface area contributed by atoms with Crippen LogP contribution in [-0.2, 0) is 11.4 Å². The second kappa shape index (κ2) is 10.6. The van der Waals surface area contributed by atoms with Crippen LogP contribution in [0.3, 0.4) is 0 Å². The summed E-state index contributed by atoms with van der Waals surface area (Å²) in [5, 5.41) is 14.5. The predicted octanol–water partition coefficient (Wildman–Crippen LogP) is 6.04. The van der Waals surface area contributed by atoms with E-state index in [4.69, 9.17) is 21.1 Å². The third kappa shape index (κ3) is 6.00. The van der Waals surface area contributed by atoms with E-state index in [1.807, 2.05) is 31.2 Å². The number of thioether (sulfide) groups is 1. The molecular weight excluding hydrogens is 490 g/mol. The molecule has 35 heavy (non-hydrogen) atoms. The van der Waals surface area contributed by atoms with Crippen molar-refractivity contribution in [3.8, 4) is 11.5 Å². The van der Waals surface area contributed by atoms with Gasteiger partial charge in [0.25, 0.3) is 11.6 Å². The normalized spacial score (nSPS) is 15.3. The Morgan fingerprint density at radius 2 is 1.94 bits per heavy atom. The number of carbonyl (C=O) groups is 1. The summed E-state index contributed by atoms with van der Waals surface area (Å²) in [6.07, 6.45) is 1.69. The molecule has 1 N–H and O–H groups in total. The maximum Gasteiger partial charge on any atom is 0.269 e. The number of nitrogens with zero attached hydrogens (tertiary/aromatic N) is 2. The van der Waals surface area contributed by atoms with Crippen LogP contribution in [0.4, 0.5) is 11.4 Å². The van der Waals surface area contributed by atoms with Gasteiger partial charge in [-0.05, 0) is 60.2 Å². The zero-order chi connectivity index (χ0) is 24.9. The minimum Gasteiger partial charge on any atom is -0.493 e. The number of nitro benzene ring substituents is 1. The Morgan fingerprint density at radius 1 is 1.17 bits per heavy atom. The third-order valence-corrected chi connectivity index (χ3v) is 6.16. The van der Waals surface area contributed by atoms with Gasteiger partial charge < -0.3 is 14.8 Å². The number of amides is 1. The van der Waals surface area contributed by atoms with Crippen LogP contribution in [0.5, 0.6) is 11.5 Å². The maximum absolute atomic E-state index is 12.5. The number of amidine groups is 1. The molecule has 1 aliphatic rings. The second-order valence-electron chi connectivity index (χ2n) is 7.57. The van der Waals surface area contributed by atoms with E-state index in [0.29, 0.717) is 32.7 Å². The summed E-state index contributed by atoms with van der Waals surface area (Å²) in [4.78, 5) is 27.9. The molecule has 178 valence electrons. The summed E-state index contributed by atoms with van der Waals surface area (Å²) >= 11 is 7.69. The van der Waals surface area contributed by atoms with Gasteiger partial charge in [0.15, 0.2) is 16.7 Å². The van der Waals surface area contributed by atoms with Crippen molar-refractivity contribution in [1.82, 2.24) is 5.32 Å². The molecule has 0 radical (unpaired) electrons. The number of carbonyl (C=O) groups excluding carboxylic acids is 1. The Balaban J connectivity index is 1.52. The number of methoxy groups -OCH3 is 1. The zero-order valence-corrected chi connectivity index (χ0v) is 20.4. The Morgan fingerprint density at radius 3 is 2.66 bits per heavy atom. The molecule has 0 atom stereocenters. The number of nitrogens with one attached hydrogen (secondary N) is 1. The topological polar surface area (TPSA) is 103 Å². The van der Waals surface area contributed by atoms with Crippen molar-refractivity contribution >= 4 is 51.9 Å². The minimum atomic E-state index is -0.465. The van der Waals surface area contributed by atoms with Crippen LogP contribution in [0.2, 0.25) is 5.02 Å². The van der Waals surface area contributed by atoms with Gasteiger partial charge in [-0.3, -0.25) is 14.9 Å². The predicted molar refractivity (Wildman–Crippen MR) is 137 cm³/mol. The fourth-order valence-electron chi connectivity index (χ4n) is 3.25. The molecule has 8 nitrogen and oxygen atoms in total. The Bertz CT molecular complexity index is 1360. The number of hydrogen-bond acceptors (Lipinski definition) is 7. The largest absolute Gasteiger partial charge is 0.493 e. The van der Waals surface area contributed by atoms with Crippen LogP contribution in [0.25, 0.3) is 6.08 Å². The Kier molecular flexibility index (Phi) is 7.38. The van der Waals surface area contributed by atoms with E-state index in [1.54, 1.807) is 30.3 Å². The Hall–Kier alpha value is -3.82. The summed E-state index contributed by atoms with van der Waals surface area (Å²) in [5.74, 6) is 0.404. The fourth-order valence-corrected chi connectivity index (χ4v) is 4.36. The number of ether oxygens (including phenoxy) is 2. The maximum atomic E-state index is 12.5. The van der Waals surface area contributed by atoms with Gasteiger partial charge in [-0.15, -0.1) is 0 Å². The first-order valence-electron chi connectivity index (χ1n) is 10.4. The highest BCUT2D eigenvalue weighted by Gasteiger charge is 2.24. The highest BCUT2D eigenvalue weighted by molar-refractivity contribution is 8.18. The smallest absolute Gasteiger partial charge is 0.269 e. The van der Waals surface area contributed by atoms with Crippen molar-refractivity contribution in [1.29, 1.82) is 0 Å². The molecule has 1 fully saturated rings. The zero-order valence-electron chi connectivity index (χ0n) is 18.8. The minimum absolute atomic E-state index is 0.0243. The first kappa shape index (κ1) is 24.3. The van der Waals surface area contributed by atoms with E-state index < -0.39 is 4.92 Å². The molecule has 0 aliphatic carbocycles. The molecule has 0 saturated carbocycles. The molecule has 0 aromatic heterocycles. The number of rotatable bonds is 7. The quantitative estimate of drug-likeness (QED) is 0.237. The summed E-state index contributed by atoms with van der Waals surface area (Å²) in [6, 6.07) is 17.2. The van der Waals surface area contributed by atoms with Crippen LogP contribution in [0.15, 0.2) is 70.6 Å². The molecule has 0 spiro atoms. The number of non-ortho nitro benzene ring substituents is 1. The molecule has 0 bridgehead atoms. The van der Waals surface area contributed by atoms with Gasteiger partial charge in [0.1, 0.15) is 6.61 Å². The van der Waals surface area contributed by atoms with Gasteiger partial charge in [-0.2, -0.15) is 0 Å². The van der Waals surface area contributed by atoms with Crippen molar-refractivity contribution in [2.75, 3.05) is 7.11 Å². The van der Waals surface area contributed by atoms with E-state index >= 15 is 0 Å². The van der Waals surface area contributed by atoms with Gasteiger partial charge in [0.05, 0.1) is 27.6 Å². The first-order chi connectivity index (χ1) is 16.8.